The number of hydrogen-bond donors (Lipinski definition) is 3. The van der Waals surface area contributed by atoms with Gasteiger partial charge >= 0.3 is 0 Å². The lowest BCUT2D eigenvalue weighted by Crippen LogP contribution is -2.37. The summed E-state index contributed by atoms with van der Waals surface area (Å²) in [5, 5.41) is 9.56. The fourth-order valence-electron chi connectivity index (χ4n) is 2.30. The van der Waals surface area contributed by atoms with E-state index in [1.165, 1.54) is 12.2 Å². The molecular weight excluding hydrogens is 346 g/mol. The van der Waals surface area contributed by atoms with Gasteiger partial charge in [0.05, 0.1) is 0 Å². The van der Waals surface area contributed by atoms with Gasteiger partial charge in [0.1, 0.15) is 0 Å². The Balaban J connectivity index is 2.43. The maximum absolute atomic E-state index is 12.2. The Morgan fingerprint density at radius 1 is 1.15 bits per heavy atom. The van der Waals surface area contributed by atoms with Crippen molar-refractivity contribution in [3.63, 3.8) is 0 Å². The van der Waals surface area contributed by atoms with E-state index >= 15 is 0 Å². The van der Waals surface area contributed by atoms with Crippen LogP contribution in [0.4, 0.5) is 0 Å². The van der Waals surface area contributed by atoms with Crippen molar-refractivity contribution in [3.8, 4) is 0 Å². The number of benzene rings is 1. The predicted molar refractivity (Wildman–Crippen MR) is 113 cm³/mol. The van der Waals surface area contributed by atoms with Crippen molar-refractivity contribution in [1.82, 2.24) is 20.9 Å². The quantitative estimate of drug-likeness (QED) is 0.311. The van der Waals surface area contributed by atoms with Gasteiger partial charge in [0.2, 0.25) is 0 Å². The van der Waals surface area contributed by atoms with Gasteiger partial charge in [-0.15, -0.1) is 0 Å². The highest BCUT2D eigenvalue weighted by Gasteiger charge is 2.06. The molecule has 0 aliphatic rings. The van der Waals surface area contributed by atoms with Gasteiger partial charge in [-0.1, -0.05) is 12.1 Å². The normalized spacial score (nSPS) is 11.5. The van der Waals surface area contributed by atoms with Crippen molar-refractivity contribution in [2.75, 3.05) is 52.8 Å². The van der Waals surface area contributed by atoms with Crippen LogP contribution in [0.25, 0.3) is 0 Å². The molecule has 1 aromatic rings. The summed E-state index contributed by atoms with van der Waals surface area (Å²) < 4.78 is 0. The third-order valence-electron chi connectivity index (χ3n) is 3.78. The number of carbonyl (C=O) groups excluding carboxylic acids is 1. The molecule has 0 aliphatic heterocycles. The van der Waals surface area contributed by atoms with Crippen molar-refractivity contribution in [2.24, 2.45) is 4.99 Å². The molecule has 1 aromatic carbocycles. The highest BCUT2D eigenvalue weighted by Crippen LogP contribution is 2.05. The van der Waals surface area contributed by atoms with Gasteiger partial charge in [-0.05, 0) is 56.6 Å². The van der Waals surface area contributed by atoms with E-state index in [1.54, 1.807) is 7.05 Å². The Kier molecular flexibility index (Phi) is 11.6. The second kappa shape index (κ2) is 13.5. The van der Waals surface area contributed by atoms with Crippen molar-refractivity contribution < 1.29 is 4.79 Å². The van der Waals surface area contributed by atoms with Crippen LogP contribution < -0.4 is 16.0 Å². The molecule has 0 unspecified atom stereocenters. The fraction of sp³-hybridized carbons (Fsp3) is 0.579. The molecule has 3 N–H and O–H groups in total. The third kappa shape index (κ3) is 9.68. The van der Waals surface area contributed by atoms with Crippen LogP contribution in [0.15, 0.2) is 29.3 Å². The molecule has 6 nitrogen and oxygen atoms in total. The number of nitrogens with zero attached hydrogens (tertiary/aromatic N) is 2. The summed E-state index contributed by atoms with van der Waals surface area (Å²) in [6, 6.07) is 7.68. The van der Waals surface area contributed by atoms with Crippen molar-refractivity contribution >= 4 is 23.6 Å². The summed E-state index contributed by atoms with van der Waals surface area (Å²) >= 11 is 1.87. The molecule has 0 aliphatic carbocycles. The lowest BCUT2D eigenvalue weighted by Gasteiger charge is -2.13. The van der Waals surface area contributed by atoms with E-state index in [-0.39, 0.29) is 5.91 Å². The lowest BCUT2D eigenvalue weighted by atomic mass is 10.1. The smallest absolute Gasteiger partial charge is 0.251 e. The van der Waals surface area contributed by atoms with Crippen LogP contribution in [-0.2, 0) is 6.54 Å². The Morgan fingerprint density at radius 2 is 1.96 bits per heavy atom. The van der Waals surface area contributed by atoms with Gasteiger partial charge in [0.25, 0.3) is 5.91 Å². The molecule has 0 atom stereocenters. The van der Waals surface area contributed by atoms with Crippen LogP contribution >= 0.6 is 11.8 Å². The number of rotatable bonds is 11. The van der Waals surface area contributed by atoms with E-state index in [1.807, 2.05) is 55.0 Å². The number of nitrogens with one attached hydrogen (secondary N) is 3. The molecule has 0 bridgehead atoms. The van der Waals surface area contributed by atoms with E-state index in [9.17, 15) is 4.79 Å². The molecule has 26 heavy (non-hydrogen) atoms. The average molecular weight is 380 g/mol. The van der Waals surface area contributed by atoms with Crippen LogP contribution in [-0.4, -0.2) is 69.6 Å². The minimum atomic E-state index is -0.0370. The van der Waals surface area contributed by atoms with Gasteiger partial charge in [0.15, 0.2) is 5.96 Å². The minimum absolute atomic E-state index is 0.0370. The average Bonchev–Trinajstić information content (AvgIpc) is 2.64. The molecule has 0 spiro atoms. The van der Waals surface area contributed by atoms with Gasteiger partial charge in [-0.3, -0.25) is 9.79 Å². The van der Waals surface area contributed by atoms with Gasteiger partial charge < -0.3 is 20.9 Å². The SMILES string of the molecule is CN=C(NCCCCSC)NCc1cccc(C(=O)NCCN(C)C)c1. The molecule has 0 heterocycles. The summed E-state index contributed by atoms with van der Waals surface area (Å²) in [6.45, 7) is 3.01. The Hall–Kier alpha value is -1.73. The van der Waals surface area contributed by atoms with E-state index in [0.717, 1.165) is 31.0 Å². The first kappa shape index (κ1) is 22.3. The first-order chi connectivity index (χ1) is 12.6. The molecule has 146 valence electrons. The summed E-state index contributed by atoms with van der Waals surface area (Å²) in [7, 11) is 5.75. The van der Waals surface area contributed by atoms with Crippen LogP contribution in [0.3, 0.4) is 0 Å². The number of likely N-dealkylation sites (N-methyl/N-ethyl adjacent to an activating group) is 1. The first-order valence-electron chi connectivity index (χ1n) is 9.02. The third-order valence-corrected chi connectivity index (χ3v) is 4.48. The minimum Gasteiger partial charge on any atom is -0.356 e. The fourth-order valence-corrected chi connectivity index (χ4v) is 2.80. The number of hydrogen-bond acceptors (Lipinski definition) is 4. The van der Waals surface area contributed by atoms with Crippen molar-refractivity contribution in [2.45, 2.75) is 19.4 Å². The molecule has 0 radical (unpaired) electrons. The zero-order valence-electron chi connectivity index (χ0n) is 16.5. The molecule has 1 amide bonds. The van der Waals surface area contributed by atoms with Crippen LogP contribution in [0.1, 0.15) is 28.8 Å². The maximum atomic E-state index is 12.2. The molecule has 0 fully saturated rings. The number of amides is 1. The summed E-state index contributed by atoms with van der Waals surface area (Å²) in [5.41, 5.74) is 1.73. The topological polar surface area (TPSA) is 68.8 Å². The van der Waals surface area contributed by atoms with Crippen LogP contribution in [0.5, 0.6) is 0 Å². The number of guanidine groups is 1. The summed E-state index contributed by atoms with van der Waals surface area (Å²) in [4.78, 5) is 18.5. The lowest BCUT2D eigenvalue weighted by molar-refractivity contribution is 0.0951. The van der Waals surface area contributed by atoms with Gasteiger partial charge in [0, 0.05) is 38.8 Å². The van der Waals surface area contributed by atoms with Crippen molar-refractivity contribution in [3.05, 3.63) is 35.4 Å². The summed E-state index contributed by atoms with van der Waals surface area (Å²) in [5.74, 6) is 1.94. The van der Waals surface area contributed by atoms with Crippen LogP contribution in [0, 0.1) is 0 Å². The van der Waals surface area contributed by atoms with Crippen LogP contribution in [0.2, 0.25) is 0 Å². The molecule has 0 saturated carbocycles. The first-order valence-corrected chi connectivity index (χ1v) is 10.4. The van der Waals surface area contributed by atoms with Gasteiger partial charge in [-0.2, -0.15) is 11.8 Å². The number of carbonyl (C=O) groups is 1. The second-order valence-corrected chi connectivity index (χ2v) is 7.30. The zero-order valence-corrected chi connectivity index (χ0v) is 17.3. The van der Waals surface area contributed by atoms with E-state index in [4.69, 9.17) is 0 Å². The van der Waals surface area contributed by atoms with Crippen molar-refractivity contribution in [1.29, 1.82) is 0 Å². The molecular formula is C19H33N5OS. The highest BCUT2D eigenvalue weighted by atomic mass is 32.2. The zero-order chi connectivity index (χ0) is 19.2. The summed E-state index contributed by atoms with van der Waals surface area (Å²) in [6.07, 6.45) is 4.46. The van der Waals surface area contributed by atoms with E-state index in [2.05, 4.69) is 27.2 Å². The highest BCUT2D eigenvalue weighted by molar-refractivity contribution is 7.98. The van der Waals surface area contributed by atoms with E-state index in [0.29, 0.717) is 18.7 Å². The largest absolute Gasteiger partial charge is 0.356 e. The molecule has 7 heteroatoms. The van der Waals surface area contributed by atoms with E-state index < -0.39 is 0 Å². The van der Waals surface area contributed by atoms with Gasteiger partial charge in [-0.25, -0.2) is 0 Å². The standard InChI is InChI=1S/C19H33N5OS/c1-20-19(22-10-5-6-13-26-4)23-15-16-8-7-9-17(14-16)18(25)21-11-12-24(2)3/h7-9,14H,5-6,10-13,15H2,1-4H3,(H,21,25)(H2,20,22,23). The number of aliphatic imine (C=N–C) groups is 1. The predicted octanol–water partition coefficient (Wildman–Crippen LogP) is 1.79. The molecule has 0 saturated heterocycles. The molecule has 1 rings (SSSR count). The number of thioether (sulfide) groups is 1. The maximum Gasteiger partial charge on any atom is 0.251 e. The monoisotopic (exact) mass is 379 g/mol. The Morgan fingerprint density at radius 3 is 2.65 bits per heavy atom. The molecule has 0 aromatic heterocycles. The Labute approximate surface area is 162 Å². The second-order valence-electron chi connectivity index (χ2n) is 6.31. The number of unbranched alkanes of at least 4 members (excludes halogenated alkanes) is 1. The Bertz CT molecular complexity index is 563.